The molecule has 1 aromatic rings. The van der Waals surface area contributed by atoms with Crippen molar-refractivity contribution in [2.75, 3.05) is 31.6 Å². The smallest absolute Gasteiger partial charge is 0.142 e. The van der Waals surface area contributed by atoms with E-state index >= 15 is 0 Å². The van der Waals surface area contributed by atoms with E-state index in [1.165, 1.54) is 31.4 Å². The van der Waals surface area contributed by atoms with Gasteiger partial charge in [-0.05, 0) is 25.0 Å². The summed E-state index contributed by atoms with van der Waals surface area (Å²) in [5.74, 6) is 0.993. The number of hydrogen-bond acceptors (Lipinski definition) is 3. The third-order valence-corrected chi connectivity index (χ3v) is 4.36. The van der Waals surface area contributed by atoms with Crippen molar-refractivity contribution in [3.05, 3.63) is 24.3 Å². The first-order valence-corrected chi connectivity index (χ1v) is 6.96. The van der Waals surface area contributed by atoms with Crippen LogP contribution in [0.4, 0.5) is 5.69 Å². The maximum atomic E-state index is 5.49. The number of benzene rings is 1. The van der Waals surface area contributed by atoms with Crippen LogP contribution in [0.1, 0.15) is 25.7 Å². The van der Waals surface area contributed by atoms with Gasteiger partial charge in [-0.25, -0.2) is 0 Å². The number of para-hydroxylation sites is 2. The summed E-state index contributed by atoms with van der Waals surface area (Å²) >= 11 is 0. The van der Waals surface area contributed by atoms with Gasteiger partial charge < -0.3 is 15.0 Å². The summed E-state index contributed by atoms with van der Waals surface area (Å²) < 4.78 is 5.49. The average Bonchev–Trinajstić information content (AvgIpc) is 2.86. The summed E-state index contributed by atoms with van der Waals surface area (Å²) in [5.41, 5.74) is 1.60. The van der Waals surface area contributed by atoms with E-state index in [4.69, 9.17) is 4.74 Å². The molecule has 18 heavy (non-hydrogen) atoms. The van der Waals surface area contributed by atoms with Crippen LogP contribution in [0.15, 0.2) is 24.3 Å². The Morgan fingerprint density at radius 1 is 1.22 bits per heavy atom. The van der Waals surface area contributed by atoms with Crippen molar-refractivity contribution in [1.29, 1.82) is 0 Å². The lowest BCUT2D eigenvalue weighted by molar-refractivity contribution is 0.302. The van der Waals surface area contributed by atoms with Crippen molar-refractivity contribution < 1.29 is 4.74 Å². The van der Waals surface area contributed by atoms with Gasteiger partial charge in [-0.2, -0.15) is 0 Å². The fourth-order valence-electron chi connectivity index (χ4n) is 3.44. The Morgan fingerprint density at radius 3 is 2.78 bits per heavy atom. The van der Waals surface area contributed by atoms with Crippen LogP contribution in [0.2, 0.25) is 0 Å². The van der Waals surface area contributed by atoms with Crippen molar-refractivity contribution in [2.24, 2.45) is 0 Å². The predicted octanol–water partition coefficient (Wildman–Crippen LogP) is 2.42. The van der Waals surface area contributed by atoms with Crippen LogP contribution in [0.3, 0.4) is 0 Å². The lowest BCUT2D eigenvalue weighted by Gasteiger charge is -2.43. The summed E-state index contributed by atoms with van der Waals surface area (Å²) in [5, 5.41) is 3.75. The average molecular weight is 246 g/mol. The van der Waals surface area contributed by atoms with Gasteiger partial charge >= 0.3 is 0 Å². The summed E-state index contributed by atoms with van der Waals surface area (Å²) in [7, 11) is 1.76. The second kappa shape index (κ2) is 4.81. The first kappa shape index (κ1) is 11.8. The van der Waals surface area contributed by atoms with Crippen molar-refractivity contribution in [2.45, 2.75) is 31.2 Å². The molecule has 0 unspecified atom stereocenters. The van der Waals surface area contributed by atoms with Crippen molar-refractivity contribution in [3.8, 4) is 5.75 Å². The third kappa shape index (κ3) is 2.07. The van der Waals surface area contributed by atoms with Crippen LogP contribution in [0.25, 0.3) is 0 Å². The zero-order valence-corrected chi connectivity index (χ0v) is 11.1. The molecule has 1 heterocycles. The number of anilines is 1. The molecule has 3 rings (SSSR count). The number of hydrogen-bond donors (Lipinski definition) is 1. The number of nitrogens with one attached hydrogen (secondary N) is 1. The molecular weight excluding hydrogens is 224 g/mol. The molecule has 1 spiro atoms. The van der Waals surface area contributed by atoms with E-state index in [1.807, 2.05) is 6.07 Å². The summed E-state index contributed by atoms with van der Waals surface area (Å²) in [6, 6.07) is 8.36. The van der Waals surface area contributed by atoms with Gasteiger partial charge in [0.05, 0.1) is 12.8 Å². The largest absolute Gasteiger partial charge is 0.495 e. The van der Waals surface area contributed by atoms with E-state index in [1.54, 1.807) is 7.11 Å². The molecule has 1 saturated heterocycles. The zero-order valence-electron chi connectivity index (χ0n) is 11.1. The molecule has 1 saturated carbocycles. The lowest BCUT2D eigenvalue weighted by atomic mass is 9.94. The normalized spacial score (nSPS) is 22.4. The highest BCUT2D eigenvalue weighted by Crippen LogP contribution is 2.36. The van der Waals surface area contributed by atoms with Gasteiger partial charge in [0.1, 0.15) is 5.75 Å². The Bertz CT molecular complexity index is 413. The molecule has 0 amide bonds. The molecule has 2 fully saturated rings. The molecule has 0 bridgehead atoms. The summed E-state index contributed by atoms with van der Waals surface area (Å²) in [4.78, 5) is 2.49. The summed E-state index contributed by atoms with van der Waals surface area (Å²) in [6.45, 7) is 3.27. The van der Waals surface area contributed by atoms with Gasteiger partial charge in [0, 0.05) is 25.2 Å². The van der Waals surface area contributed by atoms with Crippen LogP contribution in [-0.4, -0.2) is 32.3 Å². The van der Waals surface area contributed by atoms with Gasteiger partial charge in [0.2, 0.25) is 0 Å². The Kier molecular flexibility index (Phi) is 3.16. The van der Waals surface area contributed by atoms with E-state index in [2.05, 4.69) is 28.4 Å². The second-order valence-corrected chi connectivity index (χ2v) is 5.51. The molecule has 0 atom stereocenters. The van der Waals surface area contributed by atoms with Crippen LogP contribution in [0.5, 0.6) is 5.75 Å². The second-order valence-electron chi connectivity index (χ2n) is 5.51. The molecule has 2 aliphatic rings. The van der Waals surface area contributed by atoms with E-state index in [-0.39, 0.29) is 0 Å². The van der Waals surface area contributed by atoms with Crippen LogP contribution >= 0.6 is 0 Å². The van der Waals surface area contributed by atoms with Crippen molar-refractivity contribution in [1.82, 2.24) is 5.32 Å². The molecule has 1 aromatic carbocycles. The highest BCUT2D eigenvalue weighted by atomic mass is 16.5. The zero-order chi connectivity index (χ0) is 12.4. The SMILES string of the molecule is COc1ccccc1N1CCNC2(CCCC2)C1. The Hall–Kier alpha value is -1.22. The van der Waals surface area contributed by atoms with Crippen LogP contribution in [-0.2, 0) is 0 Å². The van der Waals surface area contributed by atoms with Crippen molar-refractivity contribution in [3.63, 3.8) is 0 Å². The highest BCUT2D eigenvalue weighted by molar-refractivity contribution is 5.59. The molecule has 3 nitrogen and oxygen atoms in total. The standard InChI is InChI=1S/C15H22N2O/c1-18-14-7-3-2-6-13(14)17-11-10-16-15(12-17)8-4-5-9-15/h2-3,6-7,16H,4-5,8-12H2,1H3. The third-order valence-electron chi connectivity index (χ3n) is 4.36. The first-order chi connectivity index (χ1) is 8.83. The van der Waals surface area contributed by atoms with E-state index in [0.29, 0.717) is 5.54 Å². The van der Waals surface area contributed by atoms with Crippen LogP contribution < -0.4 is 15.0 Å². The van der Waals surface area contributed by atoms with Crippen LogP contribution in [0, 0.1) is 0 Å². The minimum Gasteiger partial charge on any atom is -0.495 e. The number of piperazine rings is 1. The molecule has 0 aromatic heterocycles. The van der Waals surface area contributed by atoms with Gasteiger partial charge in [0.25, 0.3) is 0 Å². The van der Waals surface area contributed by atoms with Gasteiger partial charge in [-0.3, -0.25) is 0 Å². The molecular formula is C15H22N2O. The molecule has 3 heteroatoms. The van der Waals surface area contributed by atoms with E-state index in [9.17, 15) is 0 Å². The number of ether oxygens (including phenoxy) is 1. The van der Waals surface area contributed by atoms with Gasteiger partial charge in [-0.1, -0.05) is 25.0 Å². The Labute approximate surface area is 109 Å². The summed E-state index contributed by atoms with van der Waals surface area (Å²) in [6.07, 6.45) is 5.37. The number of methoxy groups -OCH3 is 1. The first-order valence-electron chi connectivity index (χ1n) is 6.96. The predicted molar refractivity (Wildman–Crippen MR) is 74.4 cm³/mol. The fourth-order valence-corrected chi connectivity index (χ4v) is 3.44. The van der Waals surface area contributed by atoms with Gasteiger partial charge in [-0.15, -0.1) is 0 Å². The lowest BCUT2D eigenvalue weighted by Crippen LogP contribution is -2.59. The molecule has 0 radical (unpaired) electrons. The van der Waals surface area contributed by atoms with Gasteiger partial charge in [0.15, 0.2) is 0 Å². The topological polar surface area (TPSA) is 24.5 Å². The quantitative estimate of drug-likeness (QED) is 0.867. The molecule has 98 valence electrons. The van der Waals surface area contributed by atoms with E-state index in [0.717, 1.165) is 25.4 Å². The Balaban J connectivity index is 1.83. The monoisotopic (exact) mass is 246 g/mol. The number of rotatable bonds is 2. The fraction of sp³-hybridized carbons (Fsp3) is 0.600. The minimum absolute atomic E-state index is 0.360. The maximum Gasteiger partial charge on any atom is 0.142 e. The molecule has 1 aliphatic carbocycles. The molecule has 1 aliphatic heterocycles. The maximum absolute atomic E-state index is 5.49. The minimum atomic E-state index is 0.360. The highest BCUT2D eigenvalue weighted by Gasteiger charge is 2.38. The number of nitrogens with zero attached hydrogens (tertiary/aromatic N) is 1. The van der Waals surface area contributed by atoms with Crippen molar-refractivity contribution >= 4 is 5.69 Å². The molecule has 1 N–H and O–H groups in total. The Morgan fingerprint density at radius 2 is 2.00 bits per heavy atom. The van der Waals surface area contributed by atoms with E-state index < -0.39 is 0 Å².